The van der Waals surface area contributed by atoms with Crippen LogP contribution in [0.2, 0.25) is 0 Å². The molecule has 0 spiro atoms. The van der Waals surface area contributed by atoms with E-state index in [0.29, 0.717) is 19.3 Å². The standard InChI is InChI=1S/C20H30O4/c1-2-3-4-5-6-7-8-9-10-13-16-19(24-23)17-14-11-12-15-18-20(21)22/h3-4,6-7,9-11,13-14,16,19,23H,2,5,8,12,15,17-18H2,1H3,(H,21,22)/p-1/b4-3-,7-6-,10-9-,14-11-,16-13+. The summed E-state index contributed by atoms with van der Waals surface area (Å²) in [6.45, 7) is 2.12. The van der Waals surface area contributed by atoms with Crippen molar-refractivity contribution in [1.29, 1.82) is 0 Å². The molecule has 134 valence electrons. The van der Waals surface area contributed by atoms with Crippen LogP contribution in [-0.2, 0) is 9.68 Å². The van der Waals surface area contributed by atoms with E-state index in [1.54, 1.807) is 6.08 Å². The van der Waals surface area contributed by atoms with Gasteiger partial charge in [0.2, 0.25) is 0 Å². The van der Waals surface area contributed by atoms with E-state index in [4.69, 9.17) is 5.26 Å². The molecule has 0 saturated carbocycles. The van der Waals surface area contributed by atoms with E-state index < -0.39 is 12.1 Å². The summed E-state index contributed by atoms with van der Waals surface area (Å²) >= 11 is 0. The van der Waals surface area contributed by atoms with Crippen LogP contribution in [-0.4, -0.2) is 17.3 Å². The number of rotatable bonds is 14. The van der Waals surface area contributed by atoms with Crippen molar-refractivity contribution in [3.05, 3.63) is 60.8 Å². The second-order valence-corrected chi connectivity index (χ2v) is 5.25. The Hall–Kier alpha value is -1.91. The van der Waals surface area contributed by atoms with Gasteiger partial charge < -0.3 is 9.90 Å². The molecule has 24 heavy (non-hydrogen) atoms. The first-order valence-corrected chi connectivity index (χ1v) is 8.49. The van der Waals surface area contributed by atoms with Crippen LogP contribution in [0.3, 0.4) is 0 Å². The summed E-state index contributed by atoms with van der Waals surface area (Å²) in [5.41, 5.74) is 0. The molecule has 1 N–H and O–H groups in total. The fraction of sp³-hybridized carbons (Fsp3) is 0.450. The molecule has 0 aliphatic carbocycles. The van der Waals surface area contributed by atoms with Gasteiger partial charge in [-0.3, -0.25) is 5.26 Å². The average molecular weight is 333 g/mol. The molecule has 1 unspecified atom stereocenters. The quantitative estimate of drug-likeness (QED) is 0.171. The molecule has 0 bridgehead atoms. The number of hydrogen-bond acceptors (Lipinski definition) is 4. The van der Waals surface area contributed by atoms with Crippen molar-refractivity contribution in [1.82, 2.24) is 0 Å². The molecule has 0 amide bonds. The molecule has 4 heteroatoms. The topological polar surface area (TPSA) is 69.6 Å². The van der Waals surface area contributed by atoms with E-state index in [1.165, 1.54) is 0 Å². The largest absolute Gasteiger partial charge is 0.550 e. The molecule has 0 aliphatic rings. The number of aliphatic carboxylic acids is 1. The van der Waals surface area contributed by atoms with Crippen LogP contribution in [0.25, 0.3) is 0 Å². The van der Waals surface area contributed by atoms with Crippen LogP contribution in [0.5, 0.6) is 0 Å². The van der Waals surface area contributed by atoms with E-state index in [9.17, 15) is 9.90 Å². The average Bonchev–Trinajstić information content (AvgIpc) is 2.57. The molecule has 0 aromatic carbocycles. The third-order valence-corrected chi connectivity index (χ3v) is 3.11. The van der Waals surface area contributed by atoms with Crippen molar-refractivity contribution >= 4 is 5.97 Å². The highest BCUT2D eigenvalue weighted by atomic mass is 17.1. The lowest BCUT2D eigenvalue weighted by Gasteiger charge is -2.04. The Morgan fingerprint density at radius 2 is 1.75 bits per heavy atom. The SMILES string of the molecule is CC/C=C\C/C=C\C/C=C\C=C\C(C/C=C\CCCC(=O)[O-])OO. The van der Waals surface area contributed by atoms with Gasteiger partial charge in [-0.1, -0.05) is 67.7 Å². The van der Waals surface area contributed by atoms with Crippen molar-refractivity contribution in [2.45, 2.75) is 58.0 Å². The van der Waals surface area contributed by atoms with Gasteiger partial charge in [-0.25, -0.2) is 4.89 Å². The zero-order valence-electron chi connectivity index (χ0n) is 14.5. The Morgan fingerprint density at radius 1 is 1.04 bits per heavy atom. The van der Waals surface area contributed by atoms with Gasteiger partial charge in [0, 0.05) is 5.97 Å². The highest BCUT2D eigenvalue weighted by molar-refractivity contribution is 5.64. The normalized spacial score (nSPS) is 14.1. The van der Waals surface area contributed by atoms with Crippen LogP contribution < -0.4 is 5.11 Å². The minimum absolute atomic E-state index is 0.0678. The molecule has 4 nitrogen and oxygen atoms in total. The molecule has 1 atom stereocenters. The van der Waals surface area contributed by atoms with Crippen molar-refractivity contribution < 1.29 is 20.0 Å². The summed E-state index contributed by atoms with van der Waals surface area (Å²) in [6.07, 6.45) is 24.2. The summed E-state index contributed by atoms with van der Waals surface area (Å²) in [7, 11) is 0. The Kier molecular flexibility index (Phi) is 16.1. The van der Waals surface area contributed by atoms with Crippen molar-refractivity contribution in [2.24, 2.45) is 0 Å². The van der Waals surface area contributed by atoms with E-state index in [2.05, 4.69) is 36.1 Å². The Bertz CT molecular complexity index is 445. The van der Waals surface area contributed by atoms with Gasteiger partial charge in [0.15, 0.2) is 0 Å². The van der Waals surface area contributed by atoms with Crippen LogP contribution in [0.1, 0.15) is 51.9 Å². The van der Waals surface area contributed by atoms with Gasteiger partial charge in [0.05, 0.1) is 0 Å². The zero-order chi connectivity index (χ0) is 17.9. The lowest BCUT2D eigenvalue weighted by molar-refractivity contribution is -0.305. The van der Waals surface area contributed by atoms with Gasteiger partial charge in [-0.05, 0) is 44.9 Å². The summed E-state index contributed by atoms with van der Waals surface area (Å²) < 4.78 is 0. The number of carboxylic acids is 1. The molecule has 0 heterocycles. The first kappa shape index (κ1) is 22.1. The molecular formula is C20H29O4-. The van der Waals surface area contributed by atoms with Crippen LogP contribution in [0, 0.1) is 0 Å². The number of carbonyl (C=O) groups excluding carboxylic acids is 1. The molecule has 0 fully saturated rings. The number of unbranched alkanes of at least 4 members (excludes halogenated alkanes) is 1. The third kappa shape index (κ3) is 16.5. The van der Waals surface area contributed by atoms with Crippen molar-refractivity contribution in [3.8, 4) is 0 Å². The van der Waals surface area contributed by atoms with E-state index in [0.717, 1.165) is 19.3 Å². The number of carbonyl (C=O) groups is 1. The van der Waals surface area contributed by atoms with Gasteiger partial charge >= 0.3 is 0 Å². The number of hydrogen-bond donors (Lipinski definition) is 1. The molecular weight excluding hydrogens is 304 g/mol. The first-order chi connectivity index (χ1) is 11.7. The molecule has 0 saturated heterocycles. The van der Waals surface area contributed by atoms with Gasteiger partial charge in [0.25, 0.3) is 0 Å². The third-order valence-electron chi connectivity index (χ3n) is 3.11. The van der Waals surface area contributed by atoms with Crippen LogP contribution in [0.15, 0.2) is 60.8 Å². The monoisotopic (exact) mass is 333 g/mol. The van der Waals surface area contributed by atoms with E-state index in [1.807, 2.05) is 30.4 Å². The number of allylic oxidation sites excluding steroid dienone is 8. The fourth-order valence-electron chi connectivity index (χ4n) is 1.83. The maximum Gasteiger partial charge on any atom is 0.115 e. The highest BCUT2D eigenvalue weighted by Gasteiger charge is 1.99. The Labute approximate surface area is 145 Å². The van der Waals surface area contributed by atoms with Gasteiger partial charge in [-0.2, -0.15) is 0 Å². The Balaban J connectivity index is 3.86. The predicted octanol–water partition coefficient (Wildman–Crippen LogP) is 4.13. The Morgan fingerprint density at radius 3 is 2.42 bits per heavy atom. The van der Waals surface area contributed by atoms with Crippen molar-refractivity contribution in [2.75, 3.05) is 0 Å². The van der Waals surface area contributed by atoms with Crippen LogP contribution in [0.4, 0.5) is 0 Å². The summed E-state index contributed by atoms with van der Waals surface area (Å²) in [4.78, 5) is 14.6. The van der Waals surface area contributed by atoms with Gasteiger partial charge in [0.1, 0.15) is 6.10 Å². The van der Waals surface area contributed by atoms with Crippen LogP contribution >= 0.6 is 0 Å². The molecule has 0 aliphatic heterocycles. The smallest absolute Gasteiger partial charge is 0.115 e. The fourth-order valence-corrected chi connectivity index (χ4v) is 1.83. The maximum atomic E-state index is 10.2. The second-order valence-electron chi connectivity index (χ2n) is 5.25. The van der Waals surface area contributed by atoms with Crippen molar-refractivity contribution in [3.63, 3.8) is 0 Å². The molecule has 0 aromatic heterocycles. The zero-order valence-corrected chi connectivity index (χ0v) is 14.5. The van der Waals surface area contributed by atoms with E-state index >= 15 is 0 Å². The minimum Gasteiger partial charge on any atom is -0.550 e. The maximum absolute atomic E-state index is 10.2. The lowest BCUT2D eigenvalue weighted by atomic mass is 10.2. The summed E-state index contributed by atoms with van der Waals surface area (Å²) in [6, 6.07) is 0. The first-order valence-electron chi connectivity index (χ1n) is 8.49. The van der Waals surface area contributed by atoms with Gasteiger partial charge in [-0.15, -0.1) is 0 Å². The lowest BCUT2D eigenvalue weighted by Crippen LogP contribution is -2.21. The minimum atomic E-state index is -1.03. The predicted molar refractivity (Wildman–Crippen MR) is 96.2 cm³/mol. The second kappa shape index (κ2) is 17.4. The van der Waals surface area contributed by atoms with E-state index in [-0.39, 0.29) is 6.42 Å². The summed E-state index contributed by atoms with van der Waals surface area (Å²) in [5, 5.41) is 19.1. The molecule has 0 radical (unpaired) electrons. The number of carboxylic acid groups (broad SMARTS) is 1. The summed E-state index contributed by atoms with van der Waals surface area (Å²) in [5.74, 6) is -1.03. The molecule has 0 aromatic rings. The highest BCUT2D eigenvalue weighted by Crippen LogP contribution is 2.03. The molecule has 0 rings (SSSR count).